The summed E-state index contributed by atoms with van der Waals surface area (Å²) in [5, 5.41) is 0. The summed E-state index contributed by atoms with van der Waals surface area (Å²) in [6.45, 7) is 5.75. The summed E-state index contributed by atoms with van der Waals surface area (Å²) >= 11 is 0. The van der Waals surface area contributed by atoms with E-state index in [1.807, 2.05) is 18.2 Å². The third-order valence-corrected chi connectivity index (χ3v) is 2.84. The molecule has 0 N–H and O–H groups in total. The predicted molar refractivity (Wildman–Crippen MR) is 78.3 cm³/mol. The van der Waals surface area contributed by atoms with Crippen LogP contribution >= 0.6 is 0 Å². The first-order chi connectivity index (χ1) is 8.83. The fraction of sp³-hybridized carbons (Fsp3) is 0.0556. The van der Waals surface area contributed by atoms with Crippen LogP contribution in [-0.2, 0) is 0 Å². The van der Waals surface area contributed by atoms with E-state index in [-0.39, 0.29) is 0 Å². The largest absolute Gasteiger partial charge is 0.128 e. The minimum absolute atomic E-state index is 1.17. The van der Waals surface area contributed by atoms with E-state index in [4.69, 9.17) is 0 Å². The zero-order valence-corrected chi connectivity index (χ0v) is 10.6. The standard InChI is InChI=1S/C18H16/c1-3-10-15(2)18(16-11-6-4-7-12-16)17-13-8-5-9-14-17/h4-14H,1H2,2H3. The molecule has 0 amide bonds. The Bertz CT molecular complexity index is 541. The van der Waals surface area contributed by atoms with Crippen molar-refractivity contribution >= 4 is 5.57 Å². The molecule has 2 aromatic carbocycles. The van der Waals surface area contributed by atoms with Crippen molar-refractivity contribution in [3.05, 3.63) is 95.7 Å². The highest BCUT2D eigenvalue weighted by molar-refractivity contribution is 5.83. The molecule has 88 valence electrons. The topological polar surface area (TPSA) is 0 Å². The summed E-state index contributed by atoms with van der Waals surface area (Å²) in [5.74, 6) is 0. The Morgan fingerprint density at radius 3 is 1.72 bits per heavy atom. The summed E-state index contributed by atoms with van der Waals surface area (Å²) in [6, 6.07) is 20.8. The van der Waals surface area contributed by atoms with Crippen LogP contribution in [0.3, 0.4) is 0 Å². The summed E-state index contributed by atoms with van der Waals surface area (Å²) < 4.78 is 0. The second kappa shape index (κ2) is 5.86. The Kier molecular flexibility index (Phi) is 3.96. The van der Waals surface area contributed by atoms with E-state index in [1.54, 1.807) is 0 Å². The fourth-order valence-electron chi connectivity index (χ4n) is 2.06. The second-order valence-electron chi connectivity index (χ2n) is 4.14. The first-order valence-electron chi connectivity index (χ1n) is 6.00. The molecule has 0 heterocycles. The number of hydrogen-bond donors (Lipinski definition) is 0. The van der Waals surface area contributed by atoms with E-state index in [0.717, 1.165) is 0 Å². The molecular weight excluding hydrogens is 216 g/mol. The van der Waals surface area contributed by atoms with Gasteiger partial charge in [-0.25, -0.2) is 0 Å². The van der Waals surface area contributed by atoms with Gasteiger partial charge in [0.05, 0.1) is 0 Å². The normalized spacial score (nSPS) is 9.39. The highest BCUT2D eigenvalue weighted by atomic mass is 14.1. The molecule has 0 spiro atoms. The van der Waals surface area contributed by atoms with Crippen molar-refractivity contribution in [2.75, 3.05) is 0 Å². The quantitative estimate of drug-likeness (QED) is 0.524. The Hall–Kier alpha value is -2.30. The lowest BCUT2D eigenvalue weighted by Crippen LogP contribution is -1.90. The van der Waals surface area contributed by atoms with Crippen LogP contribution in [-0.4, -0.2) is 0 Å². The molecule has 0 heteroatoms. The number of allylic oxidation sites excluding steroid dienone is 2. The van der Waals surface area contributed by atoms with Gasteiger partial charge in [0.25, 0.3) is 0 Å². The van der Waals surface area contributed by atoms with Gasteiger partial charge in [-0.1, -0.05) is 67.2 Å². The Balaban J connectivity index is 2.63. The summed E-state index contributed by atoms with van der Waals surface area (Å²) in [6.07, 6.45) is 1.93. The SMILES string of the molecule is C=C=CC(C)=C(c1ccccc1)c1ccccc1. The maximum atomic E-state index is 3.66. The summed E-state index contributed by atoms with van der Waals surface area (Å²) in [7, 11) is 0. The van der Waals surface area contributed by atoms with Crippen LogP contribution in [0.25, 0.3) is 5.57 Å². The molecule has 0 bridgehead atoms. The van der Waals surface area contributed by atoms with E-state index in [0.29, 0.717) is 0 Å². The molecule has 18 heavy (non-hydrogen) atoms. The molecule has 0 aliphatic rings. The lowest BCUT2D eigenvalue weighted by atomic mass is 9.93. The molecule has 0 nitrogen and oxygen atoms in total. The molecule has 2 aromatic rings. The Morgan fingerprint density at radius 1 is 0.889 bits per heavy atom. The fourth-order valence-corrected chi connectivity index (χ4v) is 2.06. The van der Waals surface area contributed by atoms with Crippen molar-refractivity contribution in [2.45, 2.75) is 6.92 Å². The number of rotatable bonds is 3. The van der Waals surface area contributed by atoms with Crippen molar-refractivity contribution in [1.29, 1.82) is 0 Å². The van der Waals surface area contributed by atoms with Crippen LogP contribution in [0.5, 0.6) is 0 Å². The molecule has 0 aliphatic heterocycles. The molecule has 0 fully saturated rings. The van der Waals surface area contributed by atoms with Crippen LogP contribution in [0.2, 0.25) is 0 Å². The van der Waals surface area contributed by atoms with Crippen LogP contribution in [0.4, 0.5) is 0 Å². The van der Waals surface area contributed by atoms with Gasteiger partial charge in [0.2, 0.25) is 0 Å². The lowest BCUT2D eigenvalue weighted by Gasteiger charge is -2.10. The molecule has 0 atom stereocenters. The first kappa shape index (κ1) is 12.2. The van der Waals surface area contributed by atoms with Crippen molar-refractivity contribution in [3.8, 4) is 0 Å². The van der Waals surface area contributed by atoms with E-state index in [1.165, 1.54) is 22.3 Å². The minimum Gasteiger partial charge on any atom is -0.128 e. The minimum atomic E-state index is 1.17. The number of benzene rings is 2. The molecule has 0 radical (unpaired) electrons. The summed E-state index contributed by atoms with van der Waals surface area (Å²) in [5.41, 5.74) is 7.68. The monoisotopic (exact) mass is 232 g/mol. The molecule has 0 saturated heterocycles. The average Bonchev–Trinajstić information content (AvgIpc) is 2.42. The summed E-state index contributed by atoms with van der Waals surface area (Å²) in [4.78, 5) is 0. The van der Waals surface area contributed by atoms with Gasteiger partial charge in [-0.2, -0.15) is 0 Å². The molecule has 0 aromatic heterocycles. The van der Waals surface area contributed by atoms with Gasteiger partial charge >= 0.3 is 0 Å². The highest BCUT2D eigenvalue weighted by Crippen LogP contribution is 2.26. The van der Waals surface area contributed by atoms with Gasteiger partial charge in [-0.3, -0.25) is 0 Å². The molecule has 2 rings (SSSR count). The Morgan fingerprint density at radius 2 is 1.33 bits per heavy atom. The smallest absolute Gasteiger partial charge is 0.00760 e. The van der Waals surface area contributed by atoms with Crippen molar-refractivity contribution in [3.63, 3.8) is 0 Å². The zero-order chi connectivity index (χ0) is 12.8. The molecule has 0 unspecified atom stereocenters. The van der Waals surface area contributed by atoms with Gasteiger partial charge in [0.1, 0.15) is 0 Å². The lowest BCUT2D eigenvalue weighted by molar-refractivity contribution is 1.46. The van der Waals surface area contributed by atoms with Crippen molar-refractivity contribution < 1.29 is 0 Å². The third kappa shape index (κ3) is 2.68. The van der Waals surface area contributed by atoms with E-state index in [9.17, 15) is 0 Å². The van der Waals surface area contributed by atoms with E-state index >= 15 is 0 Å². The van der Waals surface area contributed by atoms with Crippen LogP contribution in [0.1, 0.15) is 18.1 Å². The highest BCUT2D eigenvalue weighted by Gasteiger charge is 2.06. The van der Waals surface area contributed by atoms with Crippen LogP contribution < -0.4 is 0 Å². The van der Waals surface area contributed by atoms with Crippen molar-refractivity contribution in [1.82, 2.24) is 0 Å². The van der Waals surface area contributed by atoms with Gasteiger partial charge in [0, 0.05) is 0 Å². The van der Waals surface area contributed by atoms with E-state index < -0.39 is 0 Å². The van der Waals surface area contributed by atoms with Crippen LogP contribution in [0.15, 0.2) is 84.6 Å². The zero-order valence-electron chi connectivity index (χ0n) is 10.6. The molecular formula is C18H16. The van der Waals surface area contributed by atoms with Crippen molar-refractivity contribution in [2.24, 2.45) is 0 Å². The first-order valence-corrected chi connectivity index (χ1v) is 6.00. The van der Waals surface area contributed by atoms with Gasteiger partial charge in [-0.15, -0.1) is 5.73 Å². The molecule has 0 saturated carbocycles. The van der Waals surface area contributed by atoms with E-state index in [2.05, 4.69) is 67.8 Å². The average molecular weight is 232 g/mol. The number of hydrogen-bond acceptors (Lipinski definition) is 0. The van der Waals surface area contributed by atoms with Gasteiger partial charge in [-0.05, 0) is 35.3 Å². The van der Waals surface area contributed by atoms with Gasteiger partial charge in [0.15, 0.2) is 0 Å². The van der Waals surface area contributed by atoms with Crippen LogP contribution in [0, 0.1) is 0 Å². The predicted octanol–water partition coefficient (Wildman–Crippen LogP) is 4.85. The third-order valence-electron chi connectivity index (χ3n) is 2.84. The Labute approximate surface area is 109 Å². The molecule has 0 aliphatic carbocycles. The maximum Gasteiger partial charge on any atom is -0.00760 e. The van der Waals surface area contributed by atoms with Gasteiger partial charge < -0.3 is 0 Å². The second-order valence-corrected chi connectivity index (χ2v) is 4.14. The maximum absolute atomic E-state index is 3.66.